The van der Waals surface area contributed by atoms with E-state index in [2.05, 4.69) is 29.6 Å². The van der Waals surface area contributed by atoms with Crippen molar-refractivity contribution >= 4 is 14.0 Å². The first kappa shape index (κ1) is 19.3. The van der Waals surface area contributed by atoms with Gasteiger partial charge in [-0.15, -0.1) is 0 Å². The van der Waals surface area contributed by atoms with E-state index in [1.807, 2.05) is 25.3 Å². The van der Waals surface area contributed by atoms with E-state index in [9.17, 15) is 4.79 Å². The van der Waals surface area contributed by atoms with Gasteiger partial charge in [0.2, 0.25) is 5.82 Å². The molecule has 0 fully saturated rings. The predicted molar refractivity (Wildman–Crippen MR) is 100 cm³/mol. The zero-order valence-corrected chi connectivity index (χ0v) is 16.7. The Kier molecular flexibility index (Phi) is 6.49. The molecule has 2 heterocycles. The van der Waals surface area contributed by atoms with Gasteiger partial charge in [-0.1, -0.05) is 19.6 Å². The molecule has 2 aromatic rings. The van der Waals surface area contributed by atoms with Crippen LogP contribution in [0.1, 0.15) is 23.2 Å². The van der Waals surface area contributed by atoms with Gasteiger partial charge in [-0.3, -0.25) is 4.98 Å². The van der Waals surface area contributed by atoms with E-state index in [1.54, 1.807) is 17.7 Å². The van der Waals surface area contributed by atoms with Crippen LogP contribution in [0.5, 0.6) is 0 Å². The Bertz CT molecular complexity index is 723. The van der Waals surface area contributed by atoms with Crippen molar-refractivity contribution in [2.24, 2.45) is 0 Å². The molecule has 2 rings (SSSR count). The second kappa shape index (κ2) is 8.40. The number of ether oxygens (including phenoxy) is 2. The minimum atomic E-state index is -1.15. The van der Waals surface area contributed by atoms with Crippen LogP contribution in [0.4, 0.5) is 0 Å². The fraction of sp³-hybridized carbons (Fsp3) is 0.500. The second-order valence-electron chi connectivity index (χ2n) is 7.17. The lowest BCUT2D eigenvalue weighted by atomic mass is 10.2. The molecule has 136 valence electrons. The van der Waals surface area contributed by atoms with Gasteiger partial charge in [0.1, 0.15) is 6.73 Å². The van der Waals surface area contributed by atoms with Crippen LogP contribution >= 0.6 is 0 Å². The first-order chi connectivity index (χ1) is 11.8. The molecule has 0 aromatic carbocycles. The van der Waals surface area contributed by atoms with Crippen molar-refractivity contribution in [1.82, 2.24) is 14.5 Å². The van der Waals surface area contributed by atoms with Gasteiger partial charge in [-0.05, 0) is 32.0 Å². The molecule has 0 aliphatic heterocycles. The minimum Gasteiger partial charge on any atom is -0.460 e. The highest BCUT2D eigenvalue weighted by atomic mass is 28.3. The average molecular weight is 362 g/mol. The lowest BCUT2D eigenvalue weighted by Gasteiger charge is -2.15. The third-order valence-electron chi connectivity index (χ3n) is 3.65. The topological polar surface area (TPSA) is 66.2 Å². The van der Waals surface area contributed by atoms with E-state index in [-0.39, 0.29) is 12.6 Å². The molecule has 0 bridgehead atoms. The summed E-state index contributed by atoms with van der Waals surface area (Å²) in [6.45, 7) is 11.9. The summed E-state index contributed by atoms with van der Waals surface area (Å²) in [5, 5.41) is 0. The molecule has 0 saturated carbocycles. The van der Waals surface area contributed by atoms with Crippen LogP contribution < -0.4 is 0 Å². The SMILES string of the molecule is CCOC(=O)c1nc(-c2ccnc(C)c2)cn1COCC[Si](C)(C)C. The van der Waals surface area contributed by atoms with Gasteiger partial charge in [-0.25, -0.2) is 9.78 Å². The molecule has 25 heavy (non-hydrogen) atoms. The molecule has 0 spiro atoms. The Morgan fingerprint density at radius 2 is 2.08 bits per heavy atom. The molecule has 6 nitrogen and oxygen atoms in total. The predicted octanol–water partition coefficient (Wildman–Crippen LogP) is 3.74. The van der Waals surface area contributed by atoms with Gasteiger partial charge in [-0.2, -0.15) is 0 Å². The van der Waals surface area contributed by atoms with Crippen LogP contribution in [0.15, 0.2) is 24.5 Å². The number of aromatic nitrogens is 3. The molecular formula is C18H27N3O3Si. The first-order valence-electron chi connectivity index (χ1n) is 8.55. The van der Waals surface area contributed by atoms with Gasteiger partial charge in [0.25, 0.3) is 0 Å². The molecule has 0 N–H and O–H groups in total. The highest BCUT2D eigenvalue weighted by Crippen LogP contribution is 2.20. The van der Waals surface area contributed by atoms with E-state index in [0.717, 1.165) is 17.3 Å². The largest absolute Gasteiger partial charge is 0.460 e. The van der Waals surface area contributed by atoms with Gasteiger partial charge in [0.05, 0.1) is 12.3 Å². The molecule has 0 aliphatic rings. The number of rotatable bonds is 8. The molecule has 7 heteroatoms. The van der Waals surface area contributed by atoms with Crippen LogP contribution in [-0.2, 0) is 16.2 Å². The number of esters is 1. The minimum absolute atomic E-state index is 0.263. The number of pyridine rings is 1. The maximum atomic E-state index is 12.2. The molecule has 0 saturated heterocycles. The van der Waals surface area contributed by atoms with Crippen molar-refractivity contribution in [2.45, 2.75) is 46.3 Å². The number of hydrogen-bond donors (Lipinski definition) is 0. The Morgan fingerprint density at radius 1 is 1.32 bits per heavy atom. The summed E-state index contributed by atoms with van der Waals surface area (Å²) in [6, 6.07) is 4.89. The van der Waals surface area contributed by atoms with Gasteiger partial charge < -0.3 is 14.0 Å². The third kappa shape index (κ3) is 5.79. The van der Waals surface area contributed by atoms with E-state index in [0.29, 0.717) is 18.9 Å². The summed E-state index contributed by atoms with van der Waals surface area (Å²) in [5.41, 5.74) is 2.53. The summed E-state index contributed by atoms with van der Waals surface area (Å²) in [7, 11) is -1.15. The van der Waals surface area contributed by atoms with Crippen molar-refractivity contribution in [2.75, 3.05) is 13.2 Å². The van der Waals surface area contributed by atoms with Gasteiger partial charge in [0, 0.05) is 38.3 Å². The quantitative estimate of drug-likeness (QED) is 0.407. The summed E-state index contributed by atoms with van der Waals surface area (Å²) >= 11 is 0. The van der Waals surface area contributed by atoms with Crippen molar-refractivity contribution < 1.29 is 14.3 Å². The fourth-order valence-corrected chi connectivity index (χ4v) is 3.01. The average Bonchev–Trinajstić information content (AvgIpc) is 2.95. The number of nitrogens with zero attached hydrogens (tertiary/aromatic N) is 3. The number of carbonyl (C=O) groups is 1. The van der Waals surface area contributed by atoms with Crippen LogP contribution in [-0.4, -0.2) is 41.8 Å². The van der Waals surface area contributed by atoms with Crippen LogP contribution in [0.25, 0.3) is 11.3 Å². The maximum Gasteiger partial charge on any atom is 0.374 e. The lowest BCUT2D eigenvalue weighted by molar-refractivity contribution is 0.0464. The Hall–Kier alpha value is -1.99. The lowest BCUT2D eigenvalue weighted by Crippen LogP contribution is -2.22. The van der Waals surface area contributed by atoms with Crippen molar-refractivity contribution in [3.63, 3.8) is 0 Å². The van der Waals surface area contributed by atoms with E-state index >= 15 is 0 Å². The van der Waals surface area contributed by atoms with Gasteiger partial charge in [0.15, 0.2) is 0 Å². The van der Waals surface area contributed by atoms with Crippen LogP contribution in [0.3, 0.4) is 0 Å². The summed E-state index contributed by atoms with van der Waals surface area (Å²) in [6.07, 6.45) is 3.56. The Labute approximate surface area is 150 Å². The summed E-state index contributed by atoms with van der Waals surface area (Å²) in [4.78, 5) is 20.9. The van der Waals surface area contributed by atoms with Crippen LogP contribution in [0.2, 0.25) is 25.7 Å². The molecule has 0 unspecified atom stereocenters. The first-order valence-corrected chi connectivity index (χ1v) is 12.3. The molecule has 0 aliphatic carbocycles. The van der Waals surface area contributed by atoms with E-state index < -0.39 is 14.0 Å². The maximum absolute atomic E-state index is 12.2. The zero-order chi connectivity index (χ0) is 18.4. The second-order valence-corrected chi connectivity index (χ2v) is 12.8. The monoisotopic (exact) mass is 361 g/mol. The molecule has 2 aromatic heterocycles. The molecule has 0 atom stereocenters. The number of carbonyl (C=O) groups excluding carboxylic acids is 1. The number of imidazole rings is 1. The molecule has 0 radical (unpaired) electrons. The fourth-order valence-electron chi connectivity index (χ4n) is 2.26. The highest BCUT2D eigenvalue weighted by Gasteiger charge is 2.18. The summed E-state index contributed by atoms with van der Waals surface area (Å²) in [5.74, 6) is -0.173. The van der Waals surface area contributed by atoms with Crippen molar-refractivity contribution in [3.05, 3.63) is 36.0 Å². The van der Waals surface area contributed by atoms with Crippen molar-refractivity contribution in [3.8, 4) is 11.3 Å². The van der Waals surface area contributed by atoms with E-state index in [1.165, 1.54) is 0 Å². The molecule has 0 amide bonds. The van der Waals surface area contributed by atoms with Gasteiger partial charge >= 0.3 is 5.97 Å². The van der Waals surface area contributed by atoms with E-state index in [4.69, 9.17) is 9.47 Å². The number of aryl methyl sites for hydroxylation is 1. The van der Waals surface area contributed by atoms with Crippen LogP contribution in [0, 0.1) is 6.92 Å². The molecular weight excluding hydrogens is 334 g/mol. The third-order valence-corrected chi connectivity index (χ3v) is 5.36. The standard InChI is InChI=1S/C18H27N3O3Si/c1-6-24-18(22)17-20-16(15-7-8-19-14(2)11-15)12-21(17)13-23-9-10-25(3,4)5/h7-8,11-12H,6,9-10,13H2,1-5H3. The zero-order valence-electron chi connectivity index (χ0n) is 15.7. The Balaban J connectivity index is 2.19. The normalized spacial score (nSPS) is 11.6. The highest BCUT2D eigenvalue weighted by molar-refractivity contribution is 6.76. The Morgan fingerprint density at radius 3 is 2.72 bits per heavy atom. The van der Waals surface area contributed by atoms with Crippen molar-refractivity contribution in [1.29, 1.82) is 0 Å². The number of hydrogen-bond acceptors (Lipinski definition) is 5. The summed E-state index contributed by atoms with van der Waals surface area (Å²) < 4.78 is 12.6. The smallest absolute Gasteiger partial charge is 0.374 e.